The molecule has 0 aliphatic rings. The molecule has 0 aliphatic heterocycles. The van der Waals surface area contributed by atoms with Gasteiger partial charge in [-0.1, -0.05) is 0 Å². The van der Waals surface area contributed by atoms with Crippen molar-refractivity contribution in [2.75, 3.05) is 11.9 Å². The van der Waals surface area contributed by atoms with Crippen LogP contribution in [0, 0.1) is 11.6 Å². The van der Waals surface area contributed by atoms with Crippen LogP contribution in [0.2, 0.25) is 0 Å². The molecule has 1 amide bonds. The Morgan fingerprint density at radius 3 is 2.28 bits per heavy atom. The SMILES string of the molecule is NS(=O)(=O)c1ccc(NC(=O)COC(=O)c2ccc(F)cc2F)cc1. The number of benzene rings is 2. The number of sulfonamides is 1. The Bertz CT molecular complexity index is 914. The molecule has 132 valence electrons. The van der Waals surface area contributed by atoms with Crippen LogP contribution >= 0.6 is 0 Å². The van der Waals surface area contributed by atoms with E-state index in [9.17, 15) is 26.8 Å². The number of carbonyl (C=O) groups is 2. The number of nitrogens with two attached hydrogens (primary N) is 1. The maximum atomic E-state index is 13.4. The quantitative estimate of drug-likeness (QED) is 0.772. The second kappa shape index (κ2) is 7.36. The van der Waals surface area contributed by atoms with Gasteiger partial charge in [0.1, 0.15) is 11.6 Å². The molecular formula is C15H12F2N2O5S. The predicted molar refractivity (Wildman–Crippen MR) is 83.1 cm³/mol. The minimum atomic E-state index is -3.85. The molecule has 0 atom stereocenters. The molecule has 0 bridgehead atoms. The van der Waals surface area contributed by atoms with E-state index in [0.29, 0.717) is 6.07 Å². The van der Waals surface area contributed by atoms with E-state index in [0.717, 1.165) is 12.1 Å². The lowest BCUT2D eigenvalue weighted by Gasteiger charge is -2.07. The molecule has 0 saturated carbocycles. The van der Waals surface area contributed by atoms with E-state index in [-0.39, 0.29) is 10.6 Å². The van der Waals surface area contributed by atoms with E-state index in [1.807, 2.05) is 0 Å². The Hall–Kier alpha value is -2.85. The van der Waals surface area contributed by atoms with Crippen molar-refractivity contribution in [3.8, 4) is 0 Å². The molecule has 0 unspecified atom stereocenters. The summed E-state index contributed by atoms with van der Waals surface area (Å²) in [5, 5.41) is 7.28. The largest absolute Gasteiger partial charge is 0.452 e. The third kappa shape index (κ3) is 5.06. The number of rotatable bonds is 5. The van der Waals surface area contributed by atoms with Gasteiger partial charge < -0.3 is 10.1 Å². The van der Waals surface area contributed by atoms with Crippen molar-refractivity contribution < 1.29 is 31.5 Å². The Morgan fingerprint density at radius 1 is 1.08 bits per heavy atom. The van der Waals surface area contributed by atoms with E-state index in [1.54, 1.807) is 0 Å². The molecular weight excluding hydrogens is 358 g/mol. The van der Waals surface area contributed by atoms with Crippen molar-refractivity contribution >= 4 is 27.6 Å². The number of halogens is 2. The van der Waals surface area contributed by atoms with Crippen molar-refractivity contribution in [1.82, 2.24) is 0 Å². The van der Waals surface area contributed by atoms with Crippen molar-refractivity contribution in [3.05, 3.63) is 59.7 Å². The smallest absolute Gasteiger partial charge is 0.341 e. The lowest BCUT2D eigenvalue weighted by Crippen LogP contribution is -2.21. The summed E-state index contributed by atoms with van der Waals surface area (Å²) >= 11 is 0. The summed E-state index contributed by atoms with van der Waals surface area (Å²) < 4.78 is 53.0. The Kier molecular flexibility index (Phi) is 5.45. The number of amides is 1. The van der Waals surface area contributed by atoms with Gasteiger partial charge in [-0.3, -0.25) is 4.79 Å². The maximum Gasteiger partial charge on any atom is 0.341 e. The number of esters is 1. The van der Waals surface area contributed by atoms with Gasteiger partial charge in [-0.25, -0.2) is 27.1 Å². The zero-order valence-electron chi connectivity index (χ0n) is 12.5. The summed E-state index contributed by atoms with van der Waals surface area (Å²) in [5.74, 6) is -3.82. The van der Waals surface area contributed by atoms with Crippen LogP contribution in [0.3, 0.4) is 0 Å². The first-order valence-electron chi connectivity index (χ1n) is 6.72. The first kappa shape index (κ1) is 18.5. The van der Waals surface area contributed by atoms with Crippen LogP contribution < -0.4 is 10.5 Å². The van der Waals surface area contributed by atoms with Gasteiger partial charge in [0.25, 0.3) is 5.91 Å². The predicted octanol–water partition coefficient (Wildman–Crippen LogP) is 1.41. The second-order valence-electron chi connectivity index (χ2n) is 4.82. The van der Waals surface area contributed by atoms with Crippen LogP contribution in [-0.4, -0.2) is 26.9 Å². The van der Waals surface area contributed by atoms with Crippen molar-refractivity contribution in [2.24, 2.45) is 5.14 Å². The number of primary sulfonamides is 1. The zero-order valence-corrected chi connectivity index (χ0v) is 13.3. The van der Waals surface area contributed by atoms with Gasteiger partial charge in [0.15, 0.2) is 6.61 Å². The molecule has 2 aromatic carbocycles. The minimum absolute atomic E-state index is 0.135. The molecule has 0 spiro atoms. The van der Waals surface area contributed by atoms with Crippen molar-refractivity contribution in [2.45, 2.75) is 4.90 Å². The molecule has 25 heavy (non-hydrogen) atoms. The summed E-state index contributed by atoms with van der Waals surface area (Å²) in [5.41, 5.74) is -0.270. The highest BCUT2D eigenvalue weighted by Crippen LogP contribution is 2.13. The summed E-state index contributed by atoms with van der Waals surface area (Å²) in [6.07, 6.45) is 0. The van der Waals surface area contributed by atoms with E-state index < -0.39 is 45.7 Å². The van der Waals surface area contributed by atoms with Crippen LogP contribution in [0.5, 0.6) is 0 Å². The van der Waals surface area contributed by atoms with E-state index >= 15 is 0 Å². The van der Waals surface area contributed by atoms with Gasteiger partial charge >= 0.3 is 5.97 Å². The molecule has 7 nitrogen and oxygen atoms in total. The minimum Gasteiger partial charge on any atom is -0.452 e. The average Bonchev–Trinajstić information content (AvgIpc) is 2.52. The molecule has 0 saturated heterocycles. The van der Waals surface area contributed by atoms with Crippen molar-refractivity contribution in [1.29, 1.82) is 0 Å². The van der Waals surface area contributed by atoms with Gasteiger partial charge in [-0.2, -0.15) is 0 Å². The molecule has 2 rings (SSSR count). The Balaban J connectivity index is 1.93. The van der Waals surface area contributed by atoms with Gasteiger partial charge in [-0.15, -0.1) is 0 Å². The third-order valence-electron chi connectivity index (χ3n) is 2.95. The molecule has 10 heteroatoms. The second-order valence-corrected chi connectivity index (χ2v) is 6.38. The van der Waals surface area contributed by atoms with E-state index in [1.165, 1.54) is 24.3 Å². The van der Waals surface area contributed by atoms with Crippen LogP contribution in [-0.2, 0) is 19.6 Å². The first-order chi connectivity index (χ1) is 11.7. The summed E-state index contributed by atoms with van der Waals surface area (Å²) in [6.45, 7) is -0.716. The lowest BCUT2D eigenvalue weighted by molar-refractivity contribution is -0.119. The number of nitrogens with one attached hydrogen (secondary N) is 1. The first-order valence-corrected chi connectivity index (χ1v) is 8.26. The van der Waals surface area contributed by atoms with E-state index in [2.05, 4.69) is 10.1 Å². The van der Waals surface area contributed by atoms with E-state index in [4.69, 9.17) is 5.14 Å². The molecule has 0 fully saturated rings. The molecule has 0 heterocycles. The molecule has 2 aromatic rings. The highest BCUT2D eigenvalue weighted by Gasteiger charge is 2.15. The maximum absolute atomic E-state index is 13.4. The fourth-order valence-corrected chi connectivity index (χ4v) is 2.30. The normalized spacial score (nSPS) is 11.0. The van der Waals surface area contributed by atoms with Crippen LogP contribution in [0.4, 0.5) is 14.5 Å². The average molecular weight is 370 g/mol. The van der Waals surface area contributed by atoms with Gasteiger partial charge in [0.2, 0.25) is 10.0 Å². The molecule has 3 N–H and O–H groups in total. The third-order valence-corrected chi connectivity index (χ3v) is 3.88. The van der Waals surface area contributed by atoms with Crippen LogP contribution in [0.25, 0.3) is 0 Å². The molecule has 0 aliphatic carbocycles. The van der Waals surface area contributed by atoms with Crippen LogP contribution in [0.1, 0.15) is 10.4 Å². The Labute approximate surface area is 141 Å². The number of carbonyl (C=O) groups excluding carboxylic acids is 2. The number of hydrogen-bond donors (Lipinski definition) is 2. The summed E-state index contributed by atoms with van der Waals surface area (Å²) in [4.78, 5) is 23.2. The number of hydrogen-bond acceptors (Lipinski definition) is 5. The summed E-state index contributed by atoms with van der Waals surface area (Å²) in [6, 6.07) is 7.25. The Morgan fingerprint density at radius 2 is 1.72 bits per heavy atom. The lowest BCUT2D eigenvalue weighted by atomic mass is 10.2. The fourth-order valence-electron chi connectivity index (χ4n) is 1.79. The van der Waals surface area contributed by atoms with Gasteiger partial charge in [0, 0.05) is 11.8 Å². The number of ether oxygens (including phenoxy) is 1. The standard InChI is InChI=1S/C15H12F2N2O5S/c16-9-1-6-12(13(17)7-9)15(21)24-8-14(20)19-10-2-4-11(5-3-10)25(18,22)23/h1-7H,8H2,(H,19,20)(H2,18,22,23). The van der Waals surface area contributed by atoms with Crippen molar-refractivity contribution in [3.63, 3.8) is 0 Å². The van der Waals surface area contributed by atoms with Gasteiger partial charge in [-0.05, 0) is 36.4 Å². The zero-order chi connectivity index (χ0) is 18.6. The molecule has 0 radical (unpaired) electrons. The fraction of sp³-hybridized carbons (Fsp3) is 0.0667. The van der Waals surface area contributed by atoms with Gasteiger partial charge in [0.05, 0.1) is 10.5 Å². The molecule has 0 aromatic heterocycles. The van der Waals surface area contributed by atoms with Crippen LogP contribution in [0.15, 0.2) is 47.4 Å². The number of anilines is 1. The summed E-state index contributed by atoms with van der Waals surface area (Å²) in [7, 11) is -3.85. The topological polar surface area (TPSA) is 116 Å². The monoisotopic (exact) mass is 370 g/mol. The highest BCUT2D eigenvalue weighted by atomic mass is 32.2. The highest BCUT2D eigenvalue weighted by molar-refractivity contribution is 7.89.